The molecule has 34 heavy (non-hydrogen) atoms. The molecule has 0 saturated heterocycles. The summed E-state index contributed by atoms with van der Waals surface area (Å²) in [7, 11) is 1.79. The molecule has 3 aliphatic rings. The molecule has 0 amide bonds. The van der Waals surface area contributed by atoms with Gasteiger partial charge < -0.3 is 10.5 Å². The predicted molar refractivity (Wildman–Crippen MR) is 130 cm³/mol. The van der Waals surface area contributed by atoms with Gasteiger partial charge in [-0.3, -0.25) is 0 Å². The molecule has 0 fully saturated rings. The average Bonchev–Trinajstić information content (AvgIpc) is 3.16. The first-order chi connectivity index (χ1) is 16.5. The number of guanidine groups is 1. The van der Waals surface area contributed by atoms with Gasteiger partial charge >= 0.3 is 0 Å². The Morgan fingerprint density at radius 2 is 1.88 bits per heavy atom. The zero-order valence-corrected chi connectivity index (χ0v) is 19.1. The Bertz CT molecular complexity index is 1340. The summed E-state index contributed by atoms with van der Waals surface area (Å²) in [5.41, 5.74) is 11.5. The number of fused-ring (bicyclic) bond motifs is 3. The third-order valence-electron chi connectivity index (χ3n) is 7.30. The van der Waals surface area contributed by atoms with Gasteiger partial charge in [-0.05, 0) is 65.8 Å². The number of rotatable bonds is 2. The highest BCUT2D eigenvalue weighted by Crippen LogP contribution is 2.49. The molecule has 2 heterocycles. The number of ether oxygens (including phenoxy) is 1. The highest BCUT2D eigenvalue weighted by molar-refractivity contribution is 5.79. The Kier molecular flexibility index (Phi) is 4.82. The third-order valence-corrected chi connectivity index (χ3v) is 7.30. The SMILES string of the molecule is CN1OC2(CC(C3CCc4ccccc4C3)Oc3ccc(-c4cccc(C#N)c4)cc32)N=C1N. The molecular weight excluding hydrogens is 424 g/mol. The molecule has 1 spiro atoms. The molecule has 2 aliphatic heterocycles. The van der Waals surface area contributed by atoms with Crippen molar-refractivity contribution in [1.29, 1.82) is 5.26 Å². The van der Waals surface area contributed by atoms with Crippen molar-refractivity contribution in [2.24, 2.45) is 16.6 Å². The van der Waals surface area contributed by atoms with Crippen LogP contribution >= 0.6 is 0 Å². The number of nitriles is 1. The van der Waals surface area contributed by atoms with Crippen molar-refractivity contribution in [3.8, 4) is 22.9 Å². The van der Waals surface area contributed by atoms with E-state index >= 15 is 0 Å². The second kappa shape index (κ2) is 7.89. The average molecular weight is 451 g/mol. The van der Waals surface area contributed by atoms with E-state index in [0.717, 1.165) is 41.7 Å². The van der Waals surface area contributed by atoms with Gasteiger partial charge in [0.05, 0.1) is 17.2 Å². The van der Waals surface area contributed by atoms with Crippen molar-refractivity contribution in [2.45, 2.75) is 37.5 Å². The van der Waals surface area contributed by atoms with Gasteiger partial charge in [-0.15, -0.1) is 0 Å². The maximum absolute atomic E-state index is 9.31. The van der Waals surface area contributed by atoms with E-state index in [-0.39, 0.29) is 6.10 Å². The lowest BCUT2D eigenvalue weighted by Crippen LogP contribution is -2.43. The van der Waals surface area contributed by atoms with Crippen molar-refractivity contribution in [2.75, 3.05) is 7.05 Å². The normalized spacial score (nSPS) is 25.2. The van der Waals surface area contributed by atoms with E-state index in [4.69, 9.17) is 20.3 Å². The summed E-state index contributed by atoms with van der Waals surface area (Å²) < 4.78 is 6.62. The monoisotopic (exact) mass is 450 g/mol. The lowest BCUT2D eigenvalue weighted by Gasteiger charge is -2.41. The van der Waals surface area contributed by atoms with Crippen LogP contribution in [0.5, 0.6) is 5.75 Å². The Labute approximate surface area is 199 Å². The molecule has 0 bridgehead atoms. The number of hydroxylamine groups is 2. The number of hydrogen-bond donors (Lipinski definition) is 1. The van der Waals surface area contributed by atoms with Crippen LogP contribution in [-0.4, -0.2) is 24.2 Å². The van der Waals surface area contributed by atoms with E-state index in [1.165, 1.54) is 11.1 Å². The zero-order chi connectivity index (χ0) is 23.3. The summed E-state index contributed by atoms with van der Waals surface area (Å²) in [5, 5.41) is 10.9. The van der Waals surface area contributed by atoms with Gasteiger partial charge in [0.25, 0.3) is 0 Å². The molecule has 6 heteroatoms. The van der Waals surface area contributed by atoms with Gasteiger partial charge in [0.15, 0.2) is 0 Å². The van der Waals surface area contributed by atoms with E-state index in [0.29, 0.717) is 23.9 Å². The van der Waals surface area contributed by atoms with Crippen molar-refractivity contribution in [1.82, 2.24) is 5.06 Å². The molecule has 3 aromatic rings. The fourth-order valence-corrected chi connectivity index (χ4v) is 5.52. The first kappa shape index (κ1) is 20.8. The number of nitrogens with two attached hydrogens (primary N) is 1. The van der Waals surface area contributed by atoms with Crippen molar-refractivity contribution >= 4 is 5.96 Å². The van der Waals surface area contributed by atoms with E-state index in [9.17, 15) is 5.26 Å². The molecule has 3 unspecified atom stereocenters. The topological polar surface area (TPSA) is 83.9 Å². The van der Waals surface area contributed by atoms with Crippen LogP contribution in [0.1, 0.15) is 35.1 Å². The standard InChI is InChI=1S/C28H26N4O2/c1-32-27(30)31-28(34-32)16-26(23-10-9-19-6-2-3-7-21(19)14-23)33-25-12-11-22(15-24(25)28)20-8-4-5-18(13-20)17-29/h2-8,11-13,15,23,26H,9-10,14,16H2,1H3,(H2,30,31). The van der Waals surface area contributed by atoms with Gasteiger partial charge in [-0.25, -0.2) is 14.9 Å². The van der Waals surface area contributed by atoms with Crippen LogP contribution in [-0.2, 0) is 23.4 Å². The number of hydrogen-bond acceptors (Lipinski definition) is 6. The lowest BCUT2D eigenvalue weighted by molar-refractivity contribution is -0.194. The van der Waals surface area contributed by atoms with Crippen molar-refractivity contribution in [3.63, 3.8) is 0 Å². The Balaban J connectivity index is 1.39. The van der Waals surface area contributed by atoms with Gasteiger partial charge in [0, 0.05) is 19.4 Å². The van der Waals surface area contributed by atoms with Gasteiger partial charge in [-0.1, -0.05) is 42.5 Å². The summed E-state index contributed by atoms with van der Waals surface area (Å²) in [4.78, 5) is 11.2. The van der Waals surface area contributed by atoms with Crippen LogP contribution in [0.4, 0.5) is 0 Å². The highest BCUT2D eigenvalue weighted by Gasteiger charge is 2.50. The summed E-state index contributed by atoms with van der Waals surface area (Å²) in [6.07, 6.45) is 3.68. The fraction of sp³-hybridized carbons (Fsp3) is 0.286. The van der Waals surface area contributed by atoms with Crippen LogP contribution in [0.15, 0.2) is 71.7 Å². The van der Waals surface area contributed by atoms with Crippen molar-refractivity contribution in [3.05, 3.63) is 89.0 Å². The number of aryl methyl sites for hydroxylation is 1. The first-order valence-electron chi connectivity index (χ1n) is 11.7. The Morgan fingerprint density at radius 1 is 1.06 bits per heavy atom. The van der Waals surface area contributed by atoms with E-state index in [1.807, 2.05) is 30.3 Å². The van der Waals surface area contributed by atoms with E-state index < -0.39 is 5.72 Å². The van der Waals surface area contributed by atoms with Crippen LogP contribution < -0.4 is 10.5 Å². The molecule has 6 rings (SSSR count). The molecule has 3 aromatic carbocycles. The number of aliphatic imine (C=N–C) groups is 1. The molecule has 6 nitrogen and oxygen atoms in total. The zero-order valence-electron chi connectivity index (χ0n) is 19.1. The molecule has 2 N–H and O–H groups in total. The maximum Gasteiger partial charge on any atom is 0.221 e. The van der Waals surface area contributed by atoms with Crippen LogP contribution in [0.2, 0.25) is 0 Å². The molecule has 0 aromatic heterocycles. The first-order valence-corrected chi connectivity index (χ1v) is 11.7. The third kappa shape index (κ3) is 3.41. The maximum atomic E-state index is 9.31. The molecule has 170 valence electrons. The highest BCUT2D eigenvalue weighted by atomic mass is 16.7. The van der Waals surface area contributed by atoms with Gasteiger partial charge in [-0.2, -0.15) is 5.26 Å². The largest absolute Gasteiger partial charge is 0.489 e. The summed E-state index contributed by atoms with van der Waals surface area (Å²) >= 11 is 0. The molecular formula is C28H26N4O2. The fourth-order valence-electron chi connectivity index (χ4n) is 5.52. The predicted octanol–water partition coefficient (Wildman–Crippen LogP) is 4.53. The minimum atomic E-state index is -0.920. The quantitative estimate of drug-likeness (QED) is 0.620. The molecule has 3 atom stereocenters. The smallest absolute Gasteiger partial charge is 0.221 e. The van der Waals surface area contributed by atoms with Crippen LogP contribution in [0.25, 0.3) is 11.1 Å². The van der Waals surface area contributed by atoms with Gasteiger partial charge in [0.1, 0.15) is 11.9 Å². The van der Waals surface area contributed by atoms with Crippen molar-refractivity contribution < 1.29 is 9.57 Å². The molecule has 0 radical (unpaired) electrons. The lowest BCUT2D eigenvalue weighted by atomic mass is 9.77. The summed E-state index contributed by atoms with van der Waals surface area (Å²) in [6.45, 7) is 0. The Morgan fingerprint density at radius 3 is 2.68 bits per heavy atom. The van der Waals surface area contributed by atoms with Crippen LogP contribution in [0, 0.1) is 17.2 Å². The summed E-state index contributed by atoms with van der Waals surface area (Å²) in [6, 6.07) is 24.6. The number of nitrogens with zero attached hydrogens (tertiary/aromatic N) is 3. The van der Waals surface area contributed by atoms with E-state index in [2.05, 4.69) is 36.4 Å². The minimum absolute atomic E-state index is 0.0309. The minimum Gasteiger partial charge on any atom is -0.489 e. The van der Waals surface area contributed by atoms with Crippen LogP contribution in [0.3, 0.4) is 0 Å². The number of benzene rings is 3. The molecule has 0 saturated carbocycles. The summed E-state index contributed by atoms with van der Waals surface area (Å²) in [5.74, 6) is 1.51. The second-order valence-corrected chi connectivity index (χ2v) is 9.38. The molecule has 1 aliphatic carbocycles. The Hall–Kier alpha value is -3.82. The van der Waals surface area contributed by atoms with E-state index in [1.54, 1.807) is 18.2 Å². The second-order valence-electron chi connectivity index (χ2n) is 9.38. The van der Waals surface area contributed by atoms with Gasteiger partial charge in [0.2, 0.25) is 11.7 Å².